The van der Waals surface area contributed by atoms with E-state index in [1.807, 2.05) is 19.1 Å². The summed E-state index contributed by atoms with van der Waals surface area (Å²) < 4.78 is 13.7. The van der Waals surface area contributed by atoms with E-state index in [4.69, 9.17) is 0 Å². The first-order valence-corrected chi connectivity index (χ1v) is 6.48. The quantitative estimate of drug-likeness (QED) is 0.816. The van der Waals surface area contributed by atoms with E-state index in [9.17, 15) is 4.39 Å². The molecule has 0 aliphatic carbocycles. The summed E-state index contributed by atoms with van der Waals surface area (Å²) in [7, 11) is 0. The number of halogens is 1. The Morgan fingerprint density at radius 2 is 2.17 bits per heavy atom. The first-order valence-electron chi connectivity index (χ1n) is 6.48. The van der Waals surface area contributed by atoms with Crippen LogP contribution in [0, 0.1) is 12.7 Å². The highest BCUT2D eigenvalue weighted by molar-refractivity contribution is 5.82. The number of fused-ring (bicyclic) bond motifs is 1. The normalized spacial score (nSPS) is 11.1. The fourth-order valence-electron chi connectivity index (χ4n) is 2.10. The van der Waals surface area contributed by atoms with Crippen LogP contribution in [0.4, 0.5) is 4.39 Å². The minimum atomic E-state index is -0.244. The van der Waals surface area contributed by atoms with Gasteiger partial charge in [-0.3, -0.25) is 4.98 Å². The van der Waals surface area contributed by atoms with Crippen molar-refractivity contribution in [3.8, 4) is 0 Å². The molecule has 0 saturated heterocycles. The lowest BCUT2D eigenvalue weighted by molar-refractivity contribution is 0.633. The van der Waals surface area contributed by atoms with Crippen molar-refractivity contribution in [2.24, 2.45) is 0 Å². The Morgan fingerprint density at radius 1 is 1.33 bits per heavy atom. The fourth-order valence-corrected chi connectivity index (χ4v) is 2.10. The maximum Gasteiger partial charge on any atom is 0.149 e. The van der Waals surface area contributed by atoms with Crippen LogP contribution in [0.5, 0.6) is 0 Å². The lowest BCUT2D eigenvalue weighted by Gasteiger charge is -2.09. The van der Waals surface area contributed by atoms with E-state index in [0.29, 0.717) is 5.52 Å². The third-order valence-corrected chi connectivity index (χ3v) is 3.03. The van der Waals surface area contributed by atoms with Gasteiger partial charge in [-0.2, -0.15) is 0 Å². The number of nitrogens with zero attached hydrogens (tertiary/aromatic N) is 1. The SMILES string of the molecule is CCCCNCc1cc(C)nc2c(F)cccc12. The number of benzene rings is 1. The molecule has 96 valence electrons. The summed E-state index contributed by atoms with van der Waals surface area (Å²) >= 11 is 0. The molecule has 0 amide bonds. The fraction of sp³-hybridized carbons (Fsp3) is 0.400. The lowest BCUT2D eigenvalue weighted by Crippen LogP contribution is -2.15. The molecule has 3 heteroatoms. The van der Waals surface area contributed by atoms with Crippen LogP contribution >= 0.6 is 0 Å². The molecule has 2 rings (SSSR count). The highest BCUT2D eigenvalue weighted by Gasteiger charge is 2.07. The van der Waals surface area contributed by atoms with Gasteiger partial charge < -0.3 is 5.32 Å². The summed E-state index contributed by atoms with van der Waals surface area (Å²) in [4.78, 5) is 4.28. The summed E-state index contributed by atoms with van der Waals surface area (Å²) in [6, 6.07) is 7.16. The molecule has 18 heavy (non-hydrogen) atoms. The van der Waals surface area contributed by atoms with Crippen LogP contribution in [0.25, 0.3) is 10.9 Å². The van der Waals surface area contributed by atoms with Gasteiger partial charge in [0, 0.05) is 17.6 Å². The van der Waals surface area contributed by atoms with Crippen molar-refractivity contribution in [3.05, 3.63) is 41.3 Å². The molecule has 1 N–H and O–H groups in total. The maximum absolute atomic E-state index is 13.7. The zero-order valence-electron chi connectivity index (χ0n) is 11.0. The van der Waals surface area contributed by atoms with E-state index >= 15 is 0 Å². The standard InChI is InChI=1S/C15H19FN2/c1-3-4-8-17-10-12-9-11(2)18-15-13(12)6-5-7-14(15)16/h5-7,9,17H,3-4,8,10H2,1-2H3. The summed E-state index contributed by atoms with van der Waals surface area (Å²) in [6.45, 7) is 5.84. The van der Waals surface area contributed by atoms with Crippen molar-refractivity contribution in [2.75, 3.05) is 6.54 Å². The van der Waals surface area contributed by atoms with E-state index in [1.165, 1.54) is 12.5 Å². The molecule has 0 saturated carbocycles. The van der Waals surface area contributed by atoms with Gasteiger partial charge >= 0.3 is 0 Å². The van der Waals surface area contributed by atoms with Crippen LogP contribution < -0.4 is 5.32 Å². The Labute approximate surface area is 107 Å². The molecule has 0 fully saturated rings. The molecule has 1 aromatic carbocycles. The molecule has 0 aliphatic rings. The largest absolute Gasteiger partial charge is 0.313 e. The van der Waals surface area contributed by atoms with E-state index < -0.39 is 0 Å². The molecule has 1 heterocycles. The molecule has 0 unspecified atom stereocenters. The minimum absolute atomic E-state index is 0.244. The third-order valence-electron chi connectivity index (χ3n) is 3.03. The number of hydrogen-bond acceptors (Lipinski definition) is 2. The first kappa shape index (κ1) is 13.0. The van der Waals surface area contributed by atoms with Crippen LogP contribution in [0.2, 0.25) is 0 Å². The van der Waals surface area contributed by atoms with Gasteiger partial charge in [-0.1, -0.05) is 25.5 Å². The number of nitrogens with one attached hydrogen (secondary N) is 1. The van der Waals surface area contributed by atoms with Crippen molar-refractivity contribution < 1.29 is 4.39 Å². The van der Waals surface area contributed by atoms with Crippen molar-refractivity contribution in [3.63, 3.8) is 0 Å². The molecule has 0 spiro atoms. The highest BCUT2D eigenvalue weighted by Crippen LogP contribution is 2.20. The van der Waals surface area contributed by atoms with Crippen LogP contribution in [0.1, 0.15) is 31.0 Å². The first-order chi connectivity index (χ1) is 8.72. The van der Waals surface area contributed by atoms with Gasteiger partial charge in [0.05, 0.1) is 0 Å². The van der Waals surface area contributed by atoms with E-state index in [0.717, 1.165) is 36.2 Å². The number of unbranched alkanes of at least 4 members (excludes halogenated alkanes) is 1. The van der Waals surface area contributed by atoms with Gasteiger partial charge in [0.25, 0.3) is 0 Å². The topological polar surface area (TPSA) is 24.9 Å². The number of para-hydroxylation sites is 1. The van der Waals surface area contributed by atoms with E-state index in [-0.39, 0.29) is 5.82 Å². The molecule has 1 aromatic heterocycles. The number of aromatic nitrogens is 1. The van der Waals surface area contributed by atoms with Gasteiger partial charge in [0.15, 0.2) is 0 Å². The second kappa shape index (κ2) is 5.91. The monoisotopic (exact) mass is 246 g/mol. The zero-order valence-corrected chi connectivity index (χ0v) is 11.0. The van der Waals surface area contributed by atoms with Crippen LogP contribution in [-0.2, 0) is 6.54 Å². The average molecular weight is 246 g/mol. The van der Waals surface area contributed by atoms with Gasteiger partial charge in [0.1, 0.15) is 11.3 Å². The van der Waals surface area contributed by atoms with E-state index in [2.05, 4.69) is 17.2 Å². The zero-order chi connectivity index (χ0) is 13.0. The predicted octanol–water partition coefficient (Wildman–Crippen LogP) is 3.57. The Morgan fingerprint density at radius 3 is 2.94 bits per heavy atom. The minimum Gasteiger partial charge on any atom is -0.313 e. The number of hydrogen-bond donors (Lipinski definition) is 1. The van der Waals surface area contributed by atoms with Gasteiger partial charge in [0.2, 0.25) is 0 Å². The van der Waals surface area contributed by atoms with Crippen LogP contribution in [-0.4, -0.2) is 11.5 Å². The number of aryl methyl sites for hydroxylation is 1. The summed E-state index contributed by atoms with van der Waals surface area (Å²) in [5, 5.41) is 4.30. The molecule has 2 nitrogen and oxygen atoms in total. The smallest absolute Gasteiger partial charge is 0.149 e. The molecule has 2 aromatic rings. The Balaban J connectivity index is 2.29. The second-order valence-electron chi connectivity index (χ2n) is 4.59. The Bertz CT molecular complexity index is 537. The summed E-state index contributed by atoms with van der Waals surface area (Å²) in [6.07, 6.45) is 2.34. The van der Waals surface area contributed by atoms with Crippen LogP contribution in [0.3, 0.4) is 0 Å². The van der Waals surface area contributed by atoms with Crippen LogP contribution in [0.15, 0.2) is 24.3 Å². The van der Waals surface area contributed by atoms with Crippen molar-refractivity contribution in [1.82, 2.24) is 10.3 Å². The Hall–Kier alpha value is -1.48. The average Bonchev–Trinajstić information content (AvgIpc) is 2.36. The maximum atomic E-state index is 13.7. The molecule has 0 bridgehead atoms. The van der Waals surface area contributed by atoms with Crippen molar-refractivity contribution in [2.45, 2.75) is 33.2 Å². The second-order valence-corrected chi connectivity index (χ2v) is 4.59. The molecular formula is C15H19FN2. The third kappa shape index (κ3) is 2.85. The molecule has 0 radical (unpaired) electrons. The molecule has 0 atom stereocenters. The molecule has 0 aliphatic heterocycles. The van der Waals surface area contributed by atoms with E-state index in [1.54, 1.807) is 6.07 Å². The lowest BCUT2D eigenvalue weighted by atomic mass is 10.1. The summed E-state index contributed by atoms with van der Waals surface area (Å²) in [5.41, 5.74) is 2.46. The van der Waals surface area contributed by atoms with Gasteiger partial charge in [-0.25, -0.2) is 4.39 Å². The highest BCUT2D eigenvalue weighted by atomic mass is 19.1. The number of pyridine rings is 1. The van der Waals surface area contributed by atoms with Crippen molar-refractivity contribution >= 4 is 10.9 Å². The Kier molecular flexibility index (Phi) is 4.26. The molecular weight excluding hydrogens is 227 g/mol. The number of rotatable bonds is 5. The van der Waals surface area contributed by atoms with Gasteiger partial charge in [-0.15, -0.1) is 0 Å². The predicted molar refractivity (Wildman–Crippen MR) is 73.1 cm³/mol. The van der Waals surface area contributed by atoms with Gasteiger partial charge in [-0.05, 0) is 37.6 Å². The van der Waals surface area contributed by atoms with Crippen molar-refractivity contribution in [1.29, 1.82) is 0 Å². The summed E-state index contributed by atoms with van der Waals surface area (Å²) in [5.74, 6) is -0.244.